The molecule has 0 aromatic heterocycles. The molecule has 4 aliphatic rings. The molecule has 200 valence electrons. The van der Waals surface area contributed by atoms with E-state index in [9.17, 15) is 24.6 Å². The number of rotatable bonds is 5. The summed E-state index contributed by atoms with van der Waals surface area (Å²) in [6.45, 7) is 8.32. The van der Waals surface area contributed by atoms with Gasteiger partial charge >= 0.3 is 12.1 Å². The highest BCUT2D eigenvalue weighted by Crippen LogP contribution is 2.71. The number of allylic oxidation sites excluding steroid dienone is 4. The normalized spacial score (nSPS) is 43.6. The Hall–Kier alpha value is -2.29. The summed E-state index contributed by atoms with van der Waals surface area (Å²) in [5.41, 5.74) is -6.98. The summed E-state index contributed by atoms with van der Waals surface area (Å²) in [6, 6.07) is 0. The second kappa shape index (κ2) is 8.64. The Kier molecular flexibility index (Phi) is 6.42. The number of carbonyl (C=O) groups is 3. The average molecular weight is 511 g/mol. The summed E-state index contributed by atoms with van der Waals surface area (Å²) < 4.78 is 43.9. The Morgan fingerprint density at radius 1 is 1.19 bits per heavy atom. The lowest BCUT2D eigenvalue weighted by atomic mass is 9.43. The molecule has 0 bridgehead atoms. The van der Waals surface area contributed by atoms with Crippen molar-refractivity contribution in [1.29, 1.82) is 0 Å². The second-order valence-electron chi connectivity index (χ2n) is 11.4. The first kappa shape index (κ1) is 26.8. The number of hydrogen-bond donors (Lipinski definition) is 2. The van der Waals surface area contributed by atoms with Crippen LogP contribution in [0, 0.1) is 22.7 Å². The van der Waals surface area contributed by atoms with Crippen molar-refractivity contribution in [2.24, 2.45) is 22.7 Å². The number of hydrogen-bond acceptors (Lipinski definition) is 6. The fraction of sp³-hybridized carbons (Fsp3) is 0.741. The molecular weight excluding hydrogens is 474 g/mol. The van der Waals surface area contributed by atoms with Crippen LogP contribution in [0.4, 0.5) is 13.6 Å². The minimum absolute atomic E-state index is 0.0152. The van der Waals surface area contributed by atoms with Crippen LogP contribution in [0.25, 0.3) is 0 Å². The average Bonchev–Trinajstić information content (AvgIpc) is 3.08. The van der Waals surface area contributed by atoms with Gasteiger partial charge in [-0.3, -0.25) is 4.79 Å². The third kappa shape index (κ3) is 3.26. The van der Waals surface area contributed by atoms with Crippen LogP contribution >= 0.6 is 0 Å². The molecule has 36 heavy (non-hydrogen) atoms. The van der Waals surface area contributed by atoms with E-state index in [1.807, 2.05) is 13.8 Å². The molecule has 3 fully saturated rings. The van der Waals surface area contributed by atoms with Crippen molar-refractivity contribution in [2.45, 2.75) is 103 Å². The van der Waals surface area contributed by atoms with Crippen molar-refractivity contribution in [1.82, 2.24) is 0 Å². The maximum atomic E-state index is 17.4. The Bertz CT molecular complexity index is 1040. The van der Waals surface area contributed by atoms with Crippen LogP contribution in [-0.2, 0) is 19.1 Å². The summed E-state index contributed by atoms with van der Waals surface area (Å²) >= 11 is 0. The molecule has 0 aromatic rings. The van der Waals surface area contributed by atoms with Gasteiger partial charge in [-0.2, -0.15) is 0 Å². The first-order valence-electron chi connectivity index (χ1n) is 12.8. The van der Waals surface area contributed by atoms with E-state index in [1.54, 1.807) is 13.8 Å². The van der Waals surface area contributed by atoms with Crippen LogP contribution < -0.4 is 0 Å². The fourth-order valence-corrected chi connectivity index (χ4v) is 7.88. The number of carboxylic acids is 1. The number of carbonyl (C=O) groups excluding carboxylic acids is 2. The summed E-state index contributed by atoms with van der Waals surface area (Å²) in [6.07, 6.45) is -1.97. The van der Waals surface area contributed by atoms with Crippen molar-refractivity contribution < 1.29 is 42.9 Å². The molecule has 4 rings (SSSR count). The van der Waals surface area contributed by atoms with E-state index in [2.05, 4.69) is 0 Å². The van der Waals surface area contributed by atoms with Crippen molar-refractivity contribution in [3.05, 3.63) is 23.3 Å². The first-order chi connectivity index (χ1) is 16.7. The van der Waals surface area contributed by atoms with Gasteiger partial charge in [-0.1, -0.05) is 26.3 Å². The van der Waals surface area contributed by atoms with E-state index in [-0.39, 0.29) is 31.3 Å². The molecule has 0 spiro atoms. The highest BCUT2D eigenvalue weighted by atomic mass is 19.1. The first-order valence-corrected chi connectivity index (χ1v) is 12.8. The van der Waals surface area contributed by atoms with E-state index in [4.69, 9.17) is 9.47 Å². The van der Waals surface area contributed by atoms with Gasteiger partial charge < -0.3 is 19.7 Å². The van der Waals surface area contributed by atoms with Crippen LogP contribution in [0.2, 0.25) is 0 Å². The minimum atomic E-state index is -2.34. The highest BCUT2D eigenvalue weighted by molar-refractivity contribution is 6.02. The lowest BCUT2D eigenvalue weighted by Gasteiger charge is -2.63. The van der Waals surface area contributed by atoms with Gasteiger partial charge in [-0.25, -0.2) is 18.4 Å². The van der Waals surface area contributed by atoms with E-state index >= 15 is 8.78 Å². The zero-order valence-corrected chi connectivity index (χ0v) is 21.5. The molecule has 2 N–H and O–H groups in total. The van der Waals surface area contributed by atoms with E-state index in [1.165, 1.54) is 13.0 Å². The molecule has 0 heterocycles. The number of aliphatic carboxylic acids is 1. The standard InChI is InChI=1S/C27H36F2O7/c1-6-16(7-2)35-23(34)36-26(22(32)33)9-8-17-18-12-20(28)19-11-15(30)10-14(3)25(19,5)27(18,29)21(31)13-24(17,26)4/h10-11,16-18,20-21,31H,6-9,12-13H2,1-5H3,(H,32,33)/t17-,18-,20-,21-,24-,25-,26+,27?/m0/s1. The zero-order valence-electron chi connectivity index (χ0n) is 21.5. The van der Waals surface area contributed by atoms with Crippen LogP contribution in [0.1, 0.15) is 73.1 Å². The zero-order chi connectivity index (χ0) is 26.8. The van der Waals surface area contributed by atoms with Gasteiger partial charge in [0.15, 0.2) is 11.5 Å². The van der Waals surface area contributed by atoms with Gasteiger partial charge in [0.2, 0.25) is 5.60 Å². The molecule has 0 radical (unpaired) electrons. The molecule has 4 aliphatic carbocycles. The van der Waals surface area contributed by atoms with Gasteiger partial charge in [-0.15, -0.1) is 0 Å². The van der Waals surface area contributed by atoms with E-state index in [0.29, 0.717) is 18.4 Å². The number of aliphatic hydroxyl groups is 1. The smallest absolute Gasteiger partial charge is 0.478 e. The van der Waals surface area contributed by atoms with Crippen molar-refractivity contribution in [3.8, 4) is 0 Å². The van der Waals surface area contributed by atoms with Gasteiger partial charge in [0.05, 0.1) is 6.10 Å². The molecule has 8 atom stereocenters. The van der Waals surface area contributed by atoms with Crippen molar-refractivity contribution in [2.75, 3.05) is 0 Å². The van der Waals surface area contributed by atoms with Gasteiger partial charge in [0, 0.05) is 16.7 Å². The van der Waals surface area contributed by atoms with Gasteiger partial charge in [-0.05, 0) is 76.0 Å². The summed E-state index contributed by atoms with van der Waals surface area (Å²) in [7, 11) is 0. The lowest BCUT2D eigenvalue weighted by molar-refractivity contribution is -0.230. The fourth-order valence-electron chi connectivity index (χ4n) is 7.88. The van der Waals surface area contributed by atoms with E-state index < -0.39 is 70.2 Å². The Morgan fingerprint density at radius 3 is 2.42 bits per heavy atom. The summed E-state index contributed by atoms with van der Waals surface area (Å²) in [5.74, 6) is -3.56. The summed E-state index contributed by atoms with van der Waals surface area (Å²) in [5, 5.41) is 21.8. The maximum absolute atomic E-state index is 17.4. The van der Waals surface area contributed by atoms with Crippen LogP contribution in [0.3, 0.4) is 0 Å². The number of carboxylic acid groups (broad SMARTS) is 1. The number of alkyl halides is 2. The Morgan fingerprint density at radius 2 is 1.83 bits per heavy atom. The number of ether oxygens (including phenoxy) is 2. The monoisotopic (exact) mass is 510 g/mol. The Labute approximate surface area is 209 Å². The van der Waals surface area contributed by atoms with Crippen LogP contribution in [0.15, 0.2) is 23.3 Å². The largest absolute Gasteiger partial charge is 0.509 e. The number of fused-ring (bicyclic) bond motifs is 5. The topological polar surface area (TPSA) is 110 Å². The van der Waals surface area contributed by atoms with Crippen LogP contribution in [0.5, 0.6) is 0 Å². The molecule has 0 aromatic carbocycles. The molecule has 0 aliphatic heterocycles. The molecular formula is C27H36F2O7. The van der Waals surface area contributed by atoms with Crippen molar-refractivity contribution in [3.63, 3.8) is 0 Å². The summed E-state index contributed by atoms with van der Waals surface area (Å²) in [4.78, 5) is 37.5. The van der Waals surface area contributed by atoms with Crippen molar-refractivity contribution >= 4 is 17.9 Å². The predicted molar refractivity (Wildman–Crippen MR) is 126 cm³/mol. The second-order valence-corrected chi connectivity index (χ2v) is 11.4. The number of aliphatic hydroxyl groups excluding tert-OH is 1. The molecule has 1 unspecified atom stereocenters. The molecule has 0 saturated heterocycles. The molecule has 0 amide bonds. The molecule has 9 heteroatoms. The quantitative estimate of drug-likeness (QED) is 0.508. The number of ketones is 1. The third-order valence-electron chi connectivity index (χ3n) is 10.0. The predicted octanol–water partition coefficient (Wildman–Crippen LogP) is 4.86. The number of halogens is 2. The third-order valence-corrected chi connectivity index (χ3v) is 10.0. The minimum Gasteiger partial charge on any atom is -0.478 e. The lowest BCUT2D eigenvalue weighted by Crippen LogP contribution is -2.71. The SMILES string of the molecule is CCC(CC)OC(=O)O[C@@]1(C(=O)O)CC[C@H]2[C@@H]3C[C@H](F)C4=CC(=O)C=C(C)[C@]4(C)C3(F)[C@@H](O)C[C@@]21C. The van der Waals surface area contributed by atoms with Crippen LogP contribution in [-0.4, -0.2) is 57.8 Å². The molecule has 7 nitrogen and oxygen atoms in total. The maximum Gasteiger partial charge on any atom is 0.509 e. The highest BCUT2D eigenvalue weighted by Gasteiger charge is 2.77. The Balaban J connectivity index is 1.77. The van der Waals surface area contributed by atoms with E-state index in [0.717, 1.165) is 6.08 Å². The van der Waals surface area contributed by atoms with Gasteiger partial charge in [0.25, 0.3) is 0 Å². The molecule has 3 saturated carbocycles. The van der Waals surface area contributed by atoms with Gasteiger partial charge in [0.1, 0.15) is 12.3 Å².